The lowest BCUT2D eigenvalue weighted by Crippen LogP contribution is -2.50. The molecular formula is C33H34F7N5O7. The molecule has 2 aromatic carbocycles. The molecule has 0 saturated carbocycles. The molecule has 0 unspecified atom stereocenters. The maximum absolute atomic E-state index is 15.4. The van der Waals surface area contributed by atoms with Gasteiger partial charge in [0.05, 0.1) is 50.0 Å². The van der Waals surface area contributed by atoms with Gasteiger partial charge in [0.25, 0.3) is 5.91 Å². The number of carbonyl (C=O) groups excluding carboxylic acids is 3. The molecule has 4 N–H and O–H groups in total. The summed E-state index contributed by atoms with van der Waals surface area (Å²) in [5.74, 6) is -3.43. The second-order valence-electron chi connectivity index (χ2n) is 11.5. The Bertz CT molecular complexity index is 1660. The van der Waals surface area contributed by atoms with Crippen LogP contribution in [0.1, 0.15) is 29.0 Å². The summed E-state index contributed by atoms with van der Waals surface area (Å²) in [5.41, 5.74) is 6.93. The molecule has 0 spiro atoms. The fraction of sp³-hybridized carbons (Fsp3) is 0.394. The molecule has 1 aliphatic rings. The van der Waals surface area contributed by atoms with E-state index in [1.807, 2.05) is 0 Å². The predicted molar refractivity (Wildman–Crippen MR) is 169 cm³/mol. The number of carbonyl (C=O) groups is 3. The SMILES string of the molecule is COC(=O)N(C(=O)[C@@H](N)[C@H](c1ccccc1)c1ccc(OC(F)(F)F)cc1)c1cncc(F)c1CC[C@@H]1CN[C@H](COC(=O)NCC(F)(F)F)CO1. The summed E-state index contributed by atoms with van der Waals surface area (Å²) < 4.78 is 110. The summed E-state index contributed by atoms with van der Waals surface area (Å²) in [4.78, 5) is 43.2. The Morgan fingerprint density at radius 1 is 1.04 bits per heavy atom. The van der Waals surface area contributed by atoms with Gasteiger partial charge >= 0.3 is 24.7 Å². The molecule has 0 radical (unpaired) electrons. The Morgan fingerprint density at radius 3 is 2.31 bits per heavy atom. The Kier molecular flexibility index (Phi) is 13.4. The zero-order chi connectivity index (χ0) is 38.1. The van der Waals surface area contributed by atoms with Crippen molar-refractivity contribution in [2.45, 2.75) is 49.5 Å². The number of imide groups is 1. The van der Waals surface area contributed by atoms with Gasteiger partial charge in [0.15, 0.2) is 0 Å². The summed E-state index contributed by atoms with van der Waals surface area (Å²) >= 11 is 0. The van der Waals surface area contributed by atoms with Crippen molar-refractivity contribution in [1.82, 2.24) is 15.6 Å². The van der Waals surface area contributed by atoms with E-state index in [1.165, 1.54) is 12.1 Å². The van der Waals surface area contributed by atoms with Gasteiger partial charge in [-0.1, -0.05) is 42.5 Å². The highest BCUT2D eigenvalue weighted by atomic mass is 19.4. The van der Waals surface area contributed by atoms with Crippen LogP contribution >= 0.6 is 0 Å². The number of anilines is 1. The van der Waals surface area contributed by atoms with Crippen molar-refractivity contribution in [2.75, 3.05) is 38.3 Å². The van der Waals surface area contributed by atoms with Crippen LogP contribution in [-0.4, -0.2) is 87.2 Å². The number of morpholine rings is 1. The summed E-state index contributed by atoms with van der Waals surface area (Å²) in [6.45, 7) is -1.66. The Balaban J connectivity index is 1.50. The minimum absolute atomic E-state index is 0.00525. The third kappa shape index (κ3) is 11.2. The van der Waals surface area contributed by atoms with Crippen molar-refractivity contribution in [3.05, 3.63) is 89.5 Å². The van der Waals surface area contributed by atoms with Crippen LogP contribution < -0.4 is 26.0 Å². The molecular weight excluding hydrogens is 711 g/mol. The zero-order valence-corrected chi connectivity index (χ0v) is 27.4. The van der Waals surface area contributed by atoms with Crippen LogP contribution in [-0.2, 0) is 25.4 Å². The Hall–Kier alpha value is -5.01. The molecule has 0 bridgehead atoms. The molecule has 282 valence electrons. The van der Waals surface area contributed by atoms with E-state index >= 15 is 4.39 Å². The van der Waals surface area contributed by atoms with Gasteiger partial charge in [-0.25, -0.2) is 18.9 Å². The normalized spacial score (nSPS) is 17.4. The van der Waals surface area contributed by atoms with Crippen molar-refractivity contribution < 1.29 is 64.1 Å². The lowest BCUT2D eigenvalue weighted by molar-refractivity contribution is -0.274. The number of aromatic nitrogens is 1. The van der Waals surface area contributed by atoms with Gasteiger partial charge in [0.1, 0.15) is 24.7 Å². The van der Waals surface area contributed by atoms with Crippen LogP contribution in [0, 0.1) is 5.82 Å². The minimum atomic E-state index is -4.94. The second-order valence-corrected chi connectivity index (χ2v) is 11.5. The summed E-state index contributed by atoms with van der Waals surface area (Å²) in [6.07, 6.45) is -10.5. The topological polar surface area (TPSA) is 154 Å². The molecule has 4 rings (SSSR count). The molecule has 12 nitrogen and oxygen atoms in total. The average molecular weight is 746 g/mol. The van der Waals surface area contributed by atoms with E-state index in [4.69, 9.17) is 19.9 Å². The maximum atomic E-state index is 15.4. The molecule has 1 aromatic heterocycles. The Morgan fingerprint density at radius 2 is 1.71 bits per heavy atom. The quantitative estimate of drug-likeness (QED) is 0.217. The van der Waals surface area contributed by atoms with Crippen LogP contribution in [0.25, 0.3) is 0 Å². The molecule has 2 heterocycles. The first-order chi connectivity index (χ1) is 24.6. The first-order valence-electron chi connectivity index (χ1n) is 15.6. The third-order valence-corrected chi connectivity index (χ3v) is 7.81. The molecule has 1 saturated heterocycles. The van der Waals surface area contributed by atoms with Crippen LogP contribution in [0.3, 0.4) is 0 Å². The number of hydrogen-bond donors (Lipinski definition) is 3. The smallest absolute Gasteiger partial charge is 0.452 e. The van der Waals surface area contributed by atoms with E-state index in [0.717, 1.165) is 31.6 Å². The zero-order valence-electron chi connectivity index (χ0n) is 27.4. The number of nitrogens with one attached hydrogen (secondary N) is 2. The van der Waals surface area contributed by atoms with Crippen LogP contribution in [0.5, 0.6) is 5.75 Å². The molecule has 1 aliphatic heterocycles. The summed E-state index contributed by atoms with van der Waals surface area (Å²) in [6, 6.07) is 10.8. The number of hydrogen-bond acceptors (Lipinski definition) is 10. The van der Waals surface area contributed by atoms with E-state index in [2.05, 4.69) is 15.0 Å². The maximum Gasteiger partial charge on any atom is 0.573 e. The molecule has 52 heavy (non-hydrogen) atoms. The van der Waals surface area contributed by atoms with Gasteiger partial charge in [-0.2, -0.15) is 13.2 Å². The van der Waals surface area contributed by atoms with Gasteiger partial charge < -0.3 is 35.3 Å². The van der Waals surface area contributed by atoms with Gasteiger partial charge in [-0.05, 0) is 36.1 Å². The lowest BCUT2D eigenvalue weighted by atomic mass is 9.84. The molecule has 4 atom stereocenters. The number of benzene rings is 2. The first-order valence-corrected chi connectivity index (χ1v) is 15.6. The number of pyridine rings is 1. The molecule has 3 amide bonds. The number of ether oxygens (including phenoxy) is 4. The molecule has 3 aromatic rings. The number of nitrogens with zero attached hydrogens (tertiary/aromatic N) is 2. The van der Waals surface area contributed by atoms with Gasteiger partial charge in [-0.3, -0.25) is 9.78 Å². The van der Waals surface area contributed by atoms with E-state index in [-0.39, 0.29) is 43.9 Å². The van der Waals surface area contributed by atoms with Crippen molar-refractivity contribution in [3.8, 4) is 5.75 Å². The minimum Gasteiger partial charge on any atom is -0.452 e. The van der Waals surface area contributed by atoms with Crippen molar-refractivity contribution >= 4 is 23.8 Å². The summed E-state index contributed by atoms with van der Waals surface area (Å²) in [5, 5.41) is 4.61. The van der Waals surface area contributed by atoms with E-state index in [9.17, 15) is 40.7 Å². The second kappa shape index (κ2) is 17.5. The van der Waals surface area contributed by atoms with Crippen molar-refractivity contribution in [3.63, 3.8) is 0 Å². The Labute approximate surface area is 292 Å². The number of amides is 3. The van der Waals surface area contributed by atoms with Crippen molar-refractivity contribution in [1.29, 1.82) is 0 Å². The number of rotatable bonds is 12. The number of alkyl carbamates (subject to hydrolysis) is 1. The number of methoxy groups -OCH3 is 1. The van der Waals surface area contributed by atoms with E-state index < -0.39 is 72.8 Å². The van der Waals surface area contributed by atoms with Crippen LogP contribution in [0.4, 0.5) is 46.0 Å². The number of halogens is 7. The molecule has 19 heteroatoms. The lowest BCUT2D eigenvalue weighted by Gasteiger charge is -2.31. The highest BCUT2D eigenvalue weighted by Gasteiger charge is 2.38. The first kappa shape index (κ1) is 39.8. The highest BCUT2D eigenvalue weighted by molar-refractivity contribution is 6.15. The van der Waals surface area contributed by atoms with Crippen molar-refractivity contribution in [2.24, 2.45) is 5.73 Å². The van der Waals surface area contributed by atoms with E-state index in [0.29, 0.717) is 16.0 Å². The van der Waals surface area contributed by atoms with Crippen LogP contribution in [0.2, 0.25) is 0 Å². The fourth-order valence-electron chi connectivity index (χ4n) is 5.39. The number of nitrogens with two attached hydrogens (primary N) is 1. The fourth-order valence-corrected chi connectivity index (χ4v) is 5.39. The predicted octanol–water partition coefficient (Wildman–Crippen LogP) is 4.96. The standard InChI is InChI=1S/C33H34F7N5O7/c1-49-31(48)45(29(46)28(41)27(19-5-3-2-4-6-19)20-7-9-22(10-8-20)52-33(38,39)40)26-15-42-14-25(34)24(26)12-11-23-13-43-21(16-50-23)17-51-30(47)44-18-32(35,36)37/h2-10,14-15,21,23,27-28,43H,11-13,16-18,41H2,1H3,(H,44,47)/t21-,23+,27+,28-/m0/s1. The summed E-state index contributed by atoms with van der Waals surface area (Å²) in [7, 11) is 0.996. The molecule has 0 aliphatic carbocycles. The largest absolute Gasteiger partial charge is 0.573 e. The van der Waals surface area contributed by atoms with Crippen LogP contribution in [0.15, 0.2) is 67.0 Å². The highest BCUT2D eigenvalue weighted by Crippen LogP contribution is 2.33. The van der Waals surface area contributed by atoms with E-state index in [1.54, 1.807) is 35.6 Å². The van der Waals surface area contributed by atoms with Gasteiger partial charge in [0, 0.05) is 18.0 Å². The average Bonchev–Trinajstić information content (AvgIpc) is 3.10. The van der Waals surface area contributed by atoms with Gasteiger partial charge in [0.2, 0.25) is 0 Å². The monoisotopic (exact) mass is 745 g/mol. The van der Waals surface area contributed by atoms with Gasteiger partial charge in [-0.15, -0.1) is 13.2 Å². The molecule has 1 fully saturated rings. The third-order valence-electron chi connectivity index (χ3n) is 7.81. The number of alkyl halides is 6.